The fourth-order valence-corrected chi connectivity index (χ4v) is 4.44. The van der Waals surface area contributed by atoms with Gasteiger partial charge in [0.15, 0.2) is 0 Å². The first kappa shape index (κ1) is 14.8. The van der Waals surface area contributed by atoms with Gasteiger partial charge in [0.1, 0.15) is 5.60 Å². The van der Waals surface area contributed by atoms with Gasteiger partial charge in [-0.15, -0.1) is 0 Å². The van der Waals surface area contributed by atoms with Crippen LogP contribution in [0.3, 0.4) is 0 Å². The Morgan fingerprint density at radius 3 is 2.09 bits per heavy atom. The molecule has 2 aliphatic heterocycles. The third-order valence-electron chi connectivity index (χ3n) is 6.45. The third kappa shape index (κ3) is 2.53. The maximum absolute atomic E-state index is 12.7. The summed E-state index contributed by atoms with van der Waals surface area (Å²) < 4.78 is 5.71. The maximum atomic E-state index is 12.7. The number of amides is 1. The van der Waals surface area contributed by atoms with Crippen molar-refractivity contribution in [1.82, 2.24) is 10.2 Å². The molecule has 124 valence electrons. The lowest BCUT2D eigenvalue weighted by Crippen LogP contribution is -2.59. The quantitative estimate of drug-likeness (QED) is 0.745. The highest BCUT2D eigenvalue weighted by Crippen LogP contribution is 2.56. The molecule has 2 saturated heterocycles. The minimum Gasteiger partial charge on any atom is -0.444 e. The molecule has 22 heavy (non-hydrogen) atoms. The summed E-state index contributed by atoms with van der Waals surface area (Å²) in [5, 5.41) is 3.81. The van der Waals surface area contributed by atoms with Gasteiger partial charge in [0, 0.05) is 29.6 Å². The van der Waals surface area contributed by atoms with Gasteiger partial charge >= 0.3 is 6.09 Å². The van der Waals surface area contributed by atoms with Crippen molar-refractivity contribution in [2.24, 2.45) is 5.41 Å². The van der Waals surface area contributed by atoms with Gasteiger partial charge in [0.25, 0.3) is 0 Å². The zero-order valence-electron chi connectivity index (χ0n) is 14.3. The number of rotatable bonds is 0. The molecule has 1 unspecified atom stereocenters. The van der Waals surface area contributed by atoms with Gasteiger partial charge in [0.2, 0.25) is 0 Å². The molecule has 3 spiro atoms. The summed E-state index contributed by atoms with van der Waals surface area (Å²) in [6, 6.07) is 0. The topological polar surface area (TPSA) is 41.6 Å². The molecule has 4 aliphatic rings. The highest BCUT2D eigenvalue weighted by molar-refractivity contribution is 5.70. The Kier molecular flexibility index (Phi) is 2.96. The van der Waals surface area contributed by atoms with Crippen LogP contribution >= 0.6 is 0 Å². The third-order valence-corrected chi connectivity index (χ3v) is 6.45. The van der Waals surface area contributed by atoms with Gasteiger partial charge in [-0.3, -0.25) is 0 Å². The van der Waals surface area contributed by atoms with Crippen molar-refractivity contribution in [2.45, 2.75) is 88.8 Å². The zero-order chi connectivity index (χ0) is 15.6. The van der Waals surface area contributed by atoms with Crippen LogP contribution in [0.15, 0.2) is 0 Å². The highest BCUT2D eigenvalue weighted by Gasteiger charge is 2.59. The Morgan fingerprint density at radius 2 is 1.59 bits per heavy atom. The lowest BCUT2D eigenvalue weighted by Gasteiger charge is -2.50. The Balaban J connectivity index is 1.48. The van der Waals surface area contributed by atoms with Crippen molar-refractivity contribution >= 4 is 6.09 Å². The Hall–Kier alpha value is -0.770. The molecule has 4 fully saturated rings. The molecule has 1 amide bonds. The summed E-state index contributed by atoms with van der Waals surface area (Å²) in [6.45, 7) is 7.86. The van der Waals surface area contributed by atoms with Crippen molar-refractivity contribution < 1.29 is 9.53 Å². The van der Waals surface area contributed by atoms with Gasteiger partial charge in [-0.05, 0) is 72.1 Å². The molecule has 0 radical (unpaired) electrons. The van der Waals surface area contributed by atoms with Crippen LogP contribution in [0.25, 0.3) is 0 Å². The van der Waals surface area contributed by atoms with E-state index in [0.717, 1.165) is 13.1 Å². The van der Waals surface area contributed by atoms with Crippen LogP contribution in [0.2, 0.25) is 0 Å². The Labute approximate surface area is 134 Å². The van der Waals surface area contributed by atoms with Crippen LogP contribution < -0.4 is 5.32 Å². The average molecular weight is 306 g/mol. The zero-order valence-corrected chi connectivity index (χ0v) is 14.3. The van der Waals surface area contributed by atoms with Gasteiger partial charge in [-0.1, -0.05) is 0 Å². The smallest absolute Gasteiger partial charge is 0.410 e. The predicted octanol–water partition coefficient (Wildman–Crippen LogP) is 3.45. The highest BCUT2D eigenvalue weighted by atomic mass is 16.6. The normalized spacial score (nSPS) is 35.0. The van der Waals surface area contributed by atoms with E-state index in [1.807, 2.05) is 20.8 Å². The molecule has 0 aromatic rings. The summed E-state index contributed by atoms with van der Waals surface area (Å²) in [6.07, 6.45) is 9.95. The Bertz CT molecular complexity index is 470. The summed E-state index contributed by atoms with van der Waals surface area (Å²) in [4.78, 5) is 14.8. The second-order valence-electron chi connectivity index (χ2n) is 9.42. The summed E-state index contributed by atoms with van der Waals surface area (Å²) >= 11 is 0. The van der Waals surface area contributed by atoms with E-state index < -0.39 is 5.60 Å². The lowest BCUT2D eigenvalue weighted by molar-refractivity contribution is -0.0282. The van der Waals surface area contributed by atoms with E-state index in [9.17, 15) is 4.79 Å². The molecule has 4 rings (SSSR count). The first-order valence-electron chi connectivity index (χ1n) is 9.01. The number of nitrogens with one attached hydrogen (secondary N) is 1. The summed E-state index contributed by atoms with van der Waals surface area (Å²) in [5.41, 5.74) is 0.512. The van der Waals surface area contributed by atoms with Gasteiger partial charge in [0.05, 0.1) is 0 Å². The molecule has 0 aromatic heterocycles. The average Bonchev–Trinajstić information content (AvgIpc) is 3.34. The minimum absolute atomic E-state index is 0.0872. The van der Waals surface area contributed by atoms with E-state index in [4.69, 9.17) is 4.74 Å². The first-order chi connectivity index (χ1) is 10.3. The van der Waals surface area contributed by atoms with E-state index in [0.29, 0.717) is 11.0 Å². The number of hydrogen-bond acceptors (Lipinski definition) is 3. The molecule has 0 aromatic carbocycles. The molecular weight excluding hydrogens is 276 g/mol. The Morgan fingerprint density at radius 1 is 1.00 bits per heavy atom. The van der Waals surface area contributed by atoms with Crippen LogP contribution in [0, 0.1) is 5.41 Å². The standard InChI is InChI=1S/C18H30N2O2/c1-15(2,3)22-14(21)20-13-16(5-9-18(20)10-11-18)4-6-17(7-8-17)19-12-16/h19H,4-13H2,1-3H3. The second kappa shape index (κ2) is 4.40. The fraction of sp³-hybridized carbons (Fsp3) is 0.944. The van der Waals surface area contributed by atoms with Crippen molar-refractivity contribution in [3.8, 4) is 0 Å². The van der Waals surface area contributed by atoms with E-state index >= 15 is 0 Å². The minimum atomic E-state index is -0.402. The van der Waals surface area contributed by atoms with Crippen LogP contribution in [0.1, 0.15) is 72.1 Å². The van der Waals surface area contributed by atoms with Gasteiger partial charge in [-0.2, -0.15) is 0 Å². The number of carbonyl (C=O) groups is 1. The van der Waals surface area contributed by atoms with E-state index in [1.54, 1.807) is 0 Å². The second-order valence-corrected chi connectivity index (χ2v) is 9.42. The molecule has 2 aliphatic carbocycles. The van der Waals surface area contributed by atoms with Crippen LogP contribution in [0.4, 0.5) is 4.79 Å². The van der Waals surface area contributed by atoms with Gasteiger partial charge < -0.3 is 15.0 Å². The van der Waals surface area contributed by atoms with Crippen LogP contribution in [-0.2, 0) is 4.74 Å². The monoisotopic (exact) mass is 306 g/mol. The molecule has 1 N–H and O–H groups in total. The number of likely N-dealkylation sites (tertiary alicyclic amines) is 1. The van der Waals surface area contributed by atoms with Crippen molar-refractivity contribution in [1.29, 1.82) is 0 Å². The van der Waals surface area contributed by atoms with Crippen LogP contribution in [0.5, 0.6) is 0 Å². The first-order valence-corrected chi connectivity index (χ1v) is 9.01. The van der Waals surface area contributed by atoms with Gasteiger partial charge in [-0.25, -0.2) is 4.79 Å². The van der Waals surface area contributed by atoms with E-state index in [-0.39, 0.29) is 11.6 Å². The number of piperidine rings is 2. The van der Waals surface area contributed by atoms with Crippen molar-refractivity contribution in [2.75, 3.05) is 13.1 Å². The predicted molar refractivity (Wildman–Crippen MR) is 85.8 cm³/mol. The summed E-state index contributed by atoms with van der Waals surface area (Å²) in [7, 11) is 0. The largest absolute Gasteiger partial charge is 0.444 e. The number of ether oxygens (including phenoxy) is 1. The SMILES string of the molecule is CC(C)(C)OC(=O)N1CC2(CCC3(CC3)NC2)CCC12CC2. The number of hydrogen-bond donors (Lipinski definition) is 1. The van der Waals surface area contributed by atoms with E-state index in [1.165, 1.54) is 51.4 Å². The molecule has 1 atom stereocenters. The lowest BCUT2D eigenvalue weighted by atomic mass is 9.70. The maximum Gasteiger partial charge on any atom is 0.410 e. The molecule has 0 bridgehead atoms. The van der Waals surface area contributed by atoms with Crippen LogP contribution in [-0.4, -0.2) is 40.8 Å². The molecular formula is C18H30N2O2. The number of nitrogens with zero attached hydrogens (tertiary/aromatic N) is 1. The molecule has 2 saturated carbocycles. The van der Waals surface area contributed by atoms with Crippen molar-refractivity contribution in [3.05, 3.63) is 0 Å². The fourth-order valence-electron chi connectivity index (χ4n) is 4.44. The van der Waals surface area contributed by atoms with E-state index in [2.05, 4.69) is 10.2 Å². The molecule has 2 heterocycles. The number of carbonyl (C=O) groups excluding carboxylic acids is 1. The molecule has 4 nitrogen and oxygen atoms in total. The van der Waals surface area contributed by atoms with Crippen molar-refractivity contribution in [3.63, 3.8) is 0 Å². The molecule has 4 heteroatoms. The summed E-state index contributed by atoms with van der Waals surface area (Å²) in [5.74, 6) is 0.